The number of phenols is 1. The van der Waals surface area contributed by atoms with E-state index in [0.717, 1.165) is 11.0 Å². The molecule has 1 amide bonds. The van der Waals surface area contributed by atoms with Gasteiger partial charge in [0.25, 0.3) is 5.91 Å². The largest absolute Gasteiger partial charge is 0.508 e. The van der Waals surface area contributed by atoms with E-state index in [1.165, 1.54) is 30.9 Å². The lowest BCUT2D eigenvalue weighted by molar-refractivity contribution is -0.164. The van der Waals surface area contributed by atoms with E-state index in [2.05, 4.69) is 20.9 Å². The maximum absolute atomic E-state index is 14.2. The summed E-state index contributed by atoms with van der Waals surface area (Å²) in [5.74, 6) is -4.06. The Morgan fingerprint density at radius 2 is 1.78 bits per heavy atom. The summed E-state index contributed by atoms with van der Waals surface area (Å²) in [6, 6.07) is 7.09. The van der Waals surface area contributed by atoms with Gasteiger partial charge in [0.2, 0.25) is 5.96 Å². The Labute approximate surface area is 216 Å². The molecule has 4 unspecified atom stereocenters. The summed E-state index contributed by atoms with van der Waals surface area (Å²) in [7, 11) is 1.39. The van der Waals surface area contributed by atoms with Gasteiger partial charge in [0.15, 0.2) is 0 Å². The first-order valence-corrected chi connectivity index (χ1v) is 12.3. The monoisotopic (exact) mass is 545 g/mol. The number of thioether (sulfide) groups is 1. The Hall–Kier alpha value is -2.91. The van der Waals surface area contributed by atoms with Crippen LogP contribution < -0.4 is 33.2 Å². The molecule has 204 valence electrons. The number of nitrogens with zero attached hydrogens (tertiary/aromatic N) is 1. The molecule has 2 aromatic carbocycles. The van der Waals surface area contributed by atoms with Crippen molar-refractivity contribution in [1.29, 1.82) is 0 Å². The number of phenolic OH excluding ortho intramolecular Hbond substituents is 1. The van der Waals surface area contributed by atoms with E-state index in [0.29, 0.717) is 5.69 Å². The molecule has 9 nitrogen and oxygen atoms in total. The number of guanidine groups is 1. The second-order valence-electron chi connectivity index (χ2n) is 8.18. The van der Waals surface area contributed by atoms with Crippen LogP contribution in [0.1, 0.15) is 18.0 Å². The number of carbonyl (C=O) groups is 1. The van der Waals surface area contributed by atoms with E-state index in [1.54, 1.807) is 24.3 Å². The third kappa shape index (κ3) is 9.16. The second-order valence-corrected chi connectivity index (χ2v) is 9.06. The molecule has 0 aliphatic rings. The average Bonchev–Trinajstić information content (AvgIpc) is 2.81. The van der Waals surface area contributed by atoms with Gasteiger partial charge in [0.1, 0.15) is 17.6 Å². The quantitative estimate of drug-likeness (QED) is 0.0780. The van der Waals surface area contributed by atoms with Gasteiger partial charge in [-0.1, -0.05) is 6.07 Å². The molecule has 37 heavy (non-hydrogen) atoms. The molecule has 0 heterocycles. The number of halogens is 4. The summed E-state index contributed by atoms with van der Waals surface area (Å²) in [5.41, 5.74) is 18.1. The molecule has 10 N–H and O–H groups in total. The van der Waals surface area contributed by atoms with Gasteiger partial charge in [0.05, 0.1) is 12.1 Å². The molecule has 0 aromatic heterocycles. The van der Waals surface area contributed by atoms with Crippen LogP contribution in [0.25, 0.3) is 0 Å². The number of anilines is 1. The van der Waals surface area contributed by atoms with Crippen molar-refractivity contribution in [1.82, 2.24) is 10.6 Å². The minimum atomic E-state index is -4.82. The van der Waals surface area contributed by atoms with Crippen LogP contribution in [0, 0.1) is 11.7 Å². The van der Waals surface area contributed by atoms with E-state index in [1.807, 2.05) is 6.26 Å². The van der Waals surface area contributed by atoms with Gasteiger partial charge in [-0.25, -0.2) is 4.39 Å². The topological polar surface area (TPSA) is 164 Å². The zero-order valence-corrected chi connectivity index (χ0v) is 21.0. The van der Waals surface area contributed by atoms with Gasteiger partial charge in [-0.3, -0.25) is 4.79 Å². The molecule has 0 fully saturated rings. The second kappa shape index (κ2) is 13.6. The number of alkyl halides is 3. The molecule has 14 heteroatoms. The highest BCUT2D eigenvalue weighted by atomic mass is 32.2. The first-order chi connectivity index (χ1) is 17.3. The first-order valence-electron chi connectivity index (χ1n) is 11.1. The van der Waals surface area contributed by atoms with Crippen molar-refractivity contribution in [3.8, 4) is 5.75 Å². The molecule has 0 radical (unpaired) electrons. The lowest BCUT2D eigenvalue weighted by Crippen LogP contribution is -2.51. The standard InChI is InChI=1S/C23H31F4N7O2S/c1-31-11-16(20(30)23(25,26)27)21(36)34-22(32-12-3-6-14(37-2)7-4-12)33-19(29)10-18(28)15-8-5-13(35)9-17(15)24/h3-9,16,18-20,31,35H,10-11,28-30H2,1-2H3,(H2,32,33,34,36). The highest BCUT2D eigenvalue weighted by Gasteiger charge is 2.44. The number of nitrogens with one attached hydrogen (secondary N) is 3. The van der Waals surface area contributed by atoms with Crippen molar-refractivity contribution in [2.75, 3.05) is 25.2 Å². The van der Waals surface area contributed by atoms with Crippen LogP contribution in [0.3, 0.4) is 0 Å². The Morgan fingerprint density at radius 1 is 1.14 bits per heavy atom. The highest BCUT2D eigenvalue weighted by molar-refractivity contribution is 7.98. The number of hydrogen-bond acceptors (Lipinski definition) is 7. The molecule has 0 bridgehead atoms. The minimum absolute atomic E-state index is 0.0516. The molecule has 4 atom stereocenters. The maximum atomic E-state index is 14.2. The number of hydrogen-bond donors (Lipinski definition) is 7. The number of carbonyl (C=O) groups excluding carboxylic acids is 1. The summed E-state index contributed by atoms with van der Waals surface area (Å²) < 4.78 is 53.9. The van der Waals surface area contributed by atoms with Crippen LogP contribution >= 0.6 is 11.8 Å². The fourth-order valence-electron chi connectivity index (χ4n) is 3.37. The summed E-state index contributed by atoms with van der Waals surface area (Å²) >= 11 is 1.50. The smallest absolute Gasteiger partial charge is 0.404 e. The molecule has 2 aromatic rings. The van der Waals surface area contributed by atoms with Gasteiger partial charge in [-0.15, -0.1) is 11.8 Å². The lowest BCUT2D eigenvalue weighted by atomic mass is 9.99. The normalized spacial score (nSPS) is 15.5. The van der Waals surface area contributed by atoms with E-state index in [9.17, 15) is 27.5 Å². The third-order valence-corrected chi connectivity index (χ3v) is 6.08. The van der Waals surface area contributed by atoms with E-state index >= 15 is 0 Å². The number of aromatic hydroxyl groups is 1. The Balaban J connectivity index is 2.29. The van der Waals surface area contributed by atoms with Gasteiger partial charge in [-0.05, 0) is 43.6 Å². The van der Waals surface area contributed by atoms with E-state index in [4.69, 9.17) is 17.2 Å². The van der Waals surface area contributed by atoms with Gasteiger partial charge in [-0.2, -0.15) is 18.2 Å². The fourth-order valence-corrected chi connectivity index (χ4v) is 3.78. The SMILES string of the molecule is CNCC(C(=O)/N=C(\Nc1ccc(SC)cc1)NC(N)CC(N)c1ccc(O)cc1F)C(N)C(F)(F)F. The van der Waals surface area contributed by atoms with Crippen molar-refractivity contribution in [3.05, 3.63) is 53.8 Å². The molecule has 0 saturated carbocycles. The van der Waals surface area contributed by atoms with Gasteiger partial charge in [0, 0.05) is 41.2 Å². The fraction of sp³-hybridized carbons (Fsp3) is 0.391. The van der Waals surface area contributed by atoms with Crippen LogP contribution in [-0.4, -0.2) is 55.2 Å². The Morgan fingerprint density at radius 3 is 2.32 bits per heavy atom. The van der Waals surface area contributed by atoms with E-state index < -0.39 is 42.1 Å². The van der Waals surface area contributed by atoms with Crippen LogP contribution in [0.4, 0.5) is 23.2 Å². The molecule has 0 spiro atoms. The predicted octanol–water partition coefficient (Wildman–Crippen LogP) is 2.24. The number of aliphatic imine (C=N–C) groups is 1. The summed E-state index contributed by atoms with van der Waals surface area (Å²) in [6.07, 6.45) is -3.98. The molecular formula is C23H31F4N7O2S. The van der Waals surface area contributed by atoms with Gasteiger partial charge >= 0.3 is 6.18 Å². The molecule has 0 aliphatic carbocycles. The Bertz CT molecular complexity index is 1070. The first kappa shape index (κ1) is 30.3. The number of rotatable bonds is 10. The zero-order chi connectivity index (χ0) is 27.8. The predicted molar refractivity (Wildman–Crippen MR) is 136 cm³/mol. The average molecular weight is 546 g/mol. The molecule has 0 saturated heterocycles. The van der Waals surface area contributed by atoms with Crippen molar-refractivity contribution in [2.24, 2.45) is 28.1 Å². The number of nitrogens with two attached hydrogens (primary N) is 3. The molecule has 0 aliphatic heterocycles. The van der Waals surface area contributed by atoms with Crippen LogP contribution in [0.5, 0.6) is 5.75 Å². The summed E-state index contributed by atoms with van der Waals surface area (Å²) in [5, 5.41) is 17.5. The lowest BCUT2D eigenvalue weighted by Gasteiger charge is -2.24. The molecular weight excluding hydrogens is 514 g/mol. The minimum Gasteiger partial charge on any atom is -0.508 e. The Kier molecular flexibility index (Phi) is 11.1. The summed E-state index contributed by atoms with van der Waals surface area (Å²) in [4.78, 5) is 17.6. The van der Waals surface area contributed by atoms with Crippen LogP contribution in [-0.2, 0) is 4.79 Å². The third-order valence-electron chi connectivity index (χ3n) is 5.34. The van der Waals surface area contributed by atoms with Gasteiger partial charge < -0.3 is 38.3 Å². The highest BCUT2D eigenvalue weighted by Crippen LogP contribution is 2.25. The van der Waals surface area contributed by atoms with Crippen molar-refractivity contribution >= 4 is 29.3 Å². The summed E-state index contributed by atoms with van der Waals surface area (Å²) in [6.45, 7) is -0.365. The zero-order valence-electron chi connectivity index (χ0n) is 20.2. The van der Waals surface area contributed by atoms with Crippen LogP contribution in [0.15, 0.2) is 52.4 Å². The number of amides is 1. The number of benzene rings is 2. The molecule has 2 rings (SSSR count). The van der Waals surface area contributed by atoms with Crippen molar-refractivity contribution in [3.63, 3.8) is 0 Å². The van der Waals surface area contributed by atoms with E-state index in [-0.39, 0.29) is 30.2 Å². The van der Waals surface area contributed by atoms with Crippen molar-refractivity contribution < 1.29 is 27.5 Å². The van der Waals surface area contributed by atoms with Crippen LogP contribution in [0.2, 0.25) is 0 Å². The maximum Gasteiger partial charge on any atom is 0.404 e. The van der Waals surface area contributed by atoms with Crippen molar-refractivity contribution in [2.45, 2.75) is 35.7 Å².